The molecule has 1 saturated carbocycles. The van der Waals surface area contributed by atoms with E-state index >= 15 is 0 Å². The van der Waals surface area contributed by atoms with Gasteiger partial charge in [0, 0.05) is 29.8 Å². The van der Waals surface area contributed by atoms with E-state index in [1.165, 1.54) is 16.8 Å². The molecule has 1 saturated heterocycles. The Kier molecular flexibility index (Phi) is 6.92. The molecule has 0 bridgehead atoms. The normalized spacial score (nSPS) is 19.9. The molecule has 3 heterocycles. The SMILES string of the molecule is C[C@@H]1CN(c2nc(-n3ccc(OCC4(C(C)(C)F)CC4)n3)ccc2C(=O)NS(=O)(=O)c2ccccc2)C(C)(C)C1. The number of carbonyl (C=O) groups is 1. The van der Waals surface area contributed by atoms with E-state index in [-0.39, 0.29) is 22.6 Å². The van der Waals surface area contributed by atoms with Crippen LogP contribution in [0.3, 0.4) is 0 Å². The van der Waals surface area contributed by atoms with Crippen LogP contribution in [0.25, 0.3) is 5.82 Å². The van der Waals surface area contributed by atoms with Crippen LogP contribution in [-0.2, 0) is 10.0 Å². The number of aromatic nitrogens is 3. The summed E-state index contributed by atoms with van der Waals surface area (Å²) < 4.78 is 50.0. The van der Waals surface area contributed by atoms with Gasteiger partial charge < -0.3 is 9.64 Å². The lowest BCUT2D eigenvalue weighted by Gasteiger charge is -2.34. The first-order valence-corrected chi connectivity index (χ1v) is 15.0. The van der Waals surface area contributed by atoms with Gasteiger partial charge in [0.05, 0.1) is 17.1 Å². The van der Waals surface area contributed by atoms with Gasteiger partial charge in [-0.2, -0.15) is 0 Å². The van der Waals surface area contributed by atoms with Gasteiger partial charge in [0.2, 0.25) is 5.88 Å². The van der Waals surface area contributed by atoms with Gasteiger partial charge in [-0.25, -0.2) is 27.2 Å². The Morgan fingerprint density at radius 1 is 1.15 bits per heavy atom. The fourth-order valence-corrected chi connectivity index (χ4v) is 6.52. The second-order valence-corrected chi connectivity index (χ2v) is 13.8. The average molecular weight is 570 g/mol. The number of hydrogen-bond donors (Lipinski definition) is 1. The van der Waals surface area contributed by atoms with E-state index in [0.29, 0.717) is 30.0 Å². The van der Waals surface area contributed by atoms with Gasteiger partial charge in [-0.05, 0) is 77.1 Å². The maximum absolute atomic E-state index is 14.6. The Bertz CT molecular complexity index is 1510. The molecule has 1 atom stereocenters. The zero-order valence-electron chi connectivity index (χ0n) is 23.5. The first kappa shape index (κ1) is 28.1. The number of amides is 1. The highest BCUT2D eigenvalue weighted by Gasteiger charge is 2.56. The topological polar surface area (TPSA) is 106 Å². The number of rotatable bonds is 9. The summed E-state index contributed by atoms with van der Waals surface area (Å²) in [6.45, 7) is 10.3. The molecule has 0 radical (unpaired) electrons. The first-order chi connectivity index (χ1) is 18.7. The molecule has 1 aliphatic carbocycles. The Morgan fingerprint density at radius 2 is 1.85 bits per heavy atom. The molecule has 0 unspecified atom stereocenters. The van der Waals surface area contributed by atoms with Gasteiger partial charge in [0.25, 0.3) is 15.9 Å². The molecule has 1 N–H and O–H groups in total. The number of pyridine rings is 1. The molecule has 9 nitrogen and oxygen atoms in total. The minimum absolute atomic E-state index is 0.00204. The van der Waals surface area contributed by atoms with E-state index in [2.05, 4.69) is 30.6 Å². The Hall–Kier alpha value is -3.47. The predicted octanol–water partition coefficient (Wildman–Crippen LogP) is 4.92. The molecule has 2 aliphatic rings. The van der Waals surface area contributed by atoms with Crippen LogP contribution in [0.15, 0.2) is 59.6 Å². The van der Waals surface area contributed by atoms with E-state index < -0.39 is 27.0 Å². The lowest BCUT2D eigenvalue weighted by molar-refractivity contribution is 0.0602. The van der Waals surface area contributed by atoms with Gasteiger partial charge in [0.1, 0.15) is 11.5 Å². The summed E-state index contributed by atoms with van der Waals surface area (Å²) in [7, 11) is -4.08. The smallest absolute Gasteiger partial charge is 0.268 e. The van der Waals surface area contributed by atoms with Crippen molar-refractivity contribution in [2.45, 2.75) is 70.0 Å². The number of anilines is 1. The van der Waals surface area contributed by atoms with E-state index in [4.69, 9.17) is 9.72 Å². The number of alkyl halides is 1. The quantitative estimate of drug-likeness (QED) is 0.390. The van der Waals surface area contributed by atoms with Crippen molar-refractivity contribution in [3.8, 4) is 11.7 Å². The van der Waals surface area contributed by atoms with Crippen LogP contribution in [0, 0.1) is 11.3 Å². The lowest BCUT2D eigenvalue weighted by atomic mass is 9.90. The van der Waals surface area contributed by atoms with Crippen molar-refractivity contribution in [1.82, 2.24) is 19.5 Å². The summed E-state index contributed by atoms with van der Waals surface area (Å²) in [5, 5.41) is 4.48. The highest BCUT2D eigenvalue weighted by atomic mass is 32.2. The largest absolute Gasteiger partial charge is 0.476 e. The zero-order chi connectivity index (χ0) is 28.9. The van der Waals surface area contributed by atoms with Gasteiger partial charge in [-0.15, -0.1) is 5.10 Å². The second-order valence-electron chi connectivity index (χ2n) is 12.2. The van der Waals surface area contributed by atoms with Crippen molar-refractivity contribution in [3.05, 3.63) is 60.3 Å². The summed E-state index contributed by atoms with van der Waals surface area (Å²) in [6.07, 6.45) is 4.12. The molecule has 1 amide bonds. The van der Waals surface area contributed by atoms with Crippen LogP contribution >= 0.6 is 0 Å². The van der Waals surface area contributed by atoms with E-state index in [1.54, 1.807) is 56.4 Å². The van der Waals surface area contributed by atoms with Gasteiger partial charge in [0.15, 0.2) is 5.82 Å². The Labute approximate surface area is 234 Å². The summed E-state index contributed by atoms with van der Waals surface area (Å²) in [5.41, 5.74) is -1.99. The average Bonchev–Trinajstić information content (AvgIpc) is 3.46. The standard InChI is InChI=1S/C29H36FN5O4S/c1-20-17-27(2,3)34(18-20)25-22(26(36)33-40(37,38)21-9-7-6-8-10-21)11-12-23(31-25)35-16-13-24(32-35)39-19-29(14-15-29)28(4,5)30/h6-13,16,20H,14-15,17-19H2,1-5H3,(H,33,36)/t20-/m0/s1. The molecule has 214 valence electrons. The van der Waals surface area contributed by atoms with Crippen LogP contribution in [-0.4, -0.2) is 53.4 Å². The van der Waals surface area contributed by atoms with Crippen molar-refractivity contribution in [2.24, 2.45) is 11.3 Å². The predicted molar refractivity (Wildman–Crippen MR) is 150 cm³/mol. The number of halogens is 1. The summed E-state index contributed by atoms with van der Waals surface area (Å²) in [6, 6.07) is 12.6. The number of benzene rings is 1. The molecular formula is C29H36FN5O4S. The third-order valence-corrected chi connectivity index (χ3v) is 9.47. The molecule has 1 aromatic carbocycles. The number of ether oxygens (including phenoxy) is 1. The van der Waals surface area contributed by atoms with Crippen molar-refractivity contribution in [1.29, 1.82) is 0 Å². The molecule has 3 aromatic rings. The van der Waals surface area contributed by atoms with E-state index in [9.17, 15) is 17.6 Å². The fourth-order valence-electron chi connectivity index (χ4n) is 5.53. The van der Waals surface area contributed by atoms with Crippen LogP contribution < -0.4 is 14.4 Å². The van der Waals surface area contributed by atoms with Gasteiger partial charge in [-0.1, -0.05) is 25.1 Å². The Morgan fingerprint density at radius 3 is 2.45 bits per heavy atom. The molecule has 2 aromatic heterocycles. The van der Waals surface area contributed by atoms with Gasteiger partial charge >= 0.3 is 0 Å². The first-order valence-electron chi connectivity index (χ1n) is 13.5. The zero-order valence-corrected chi connectivity index (χ0v) is 24.3. The van der Waals surface area contributed by atoms with Crippen molar-refractivity contribution in [2.75, 3.05) is 18.1 Å². The lowest BCUT2D eigenvalue weighted by Crippen LogP contribution is -2.41. The van der Waals surface area contributed by atoms with Crippen LogP contribution in [0.5, 0.6) is 5.88 Å². The third-order valence-electron chi connectivity index (χ3n) is 8.12. The van der Waals surface area contributed by atoms with E-state index in [0.717, 1.165) is 19.3 Å². The third kappa shape index (κ3) is 5.43. The molecule has 11 heteroatoms. The summed E-state index contributed by atoms with van der Waals surface area (Å²) in [4.78, 5) is 20.2. The molecule has 40 heavy (non-hydrogen) atoms. The molecule has 5 rings (SSSR count). The maximum atomic E-state index is 14.6. The number of hydrogen-bond acceptors (Lipinski definition) is 7. The van der Waals surface area contributed by atoms with E-state index in [1.807, 2.05) is 4.90 Å². The Balaban J connectivity index is 1.45. The number of nitrogens with zero attached hydrogens (tertiary/aromatic N) is 4. The monoisotopic (exact) mass is 569 g/mol. The van der Waals surface area contributed by atoms with Crippen molar-refractivity contribution < 1.29 is 22.3 Å². The minimum Gasteiger partial charge on any atom is -0.476 e. The highest BCUT2D eigenvalue weighted by molar-refractivity contribution is 7.90. The van der Waals surface area contributed by atoms with Crippen LogP contribution in [0.4, 0.5) is 10.2 Å². The number of sulfonamides is 1. The maximum Gasteiger partial charge on any atom is 0.268 e. The molecule has 0 spiro atoms. The van der Waals surface area contributed by atoms with Gasteiger partial charge in [-0.3, -0.25) is 4.79 Å². The molecule has 1 aliphatic heterocycles. The fraction of sp³-hybridized carbons (Fsp3) is 0.483. The van der Waals surface area contributed by atoms with Crippen molar-refractivity contribution in [3.63, 3.8) is 0 Å². The van der Waals surface area contributed by atoms with Crippen LogP contribution in [0.2, 0.25) is 0 Å². The van der Waals surface area contributed by atoms with Crippen LogP contribution in [0.1, 0.15) is 64.2 Å². The summed E-state index contributed by atoms with van der Waals surface area (Å²) in [5.74, 6) is 0.756. The second kappa shape index (κ2) is 9.87. The highest BCUT2D eigenvalue weighted by Crippen LogP contribution is 2.55. The molecular weight excluding hydrogens is 533 g/mol. The minimum atomic E-state index is -4.08. The van der Waals surface area contributed by atoms with Crippen molar-refractivity contribution >= 4 is 21.7 Å². The molecule has 2 fully saturated rings. The summed E-state index contributed by atoms with van der Waals surface area (Å²) >= 11 is 0. The number of carbonyl (C=O) groups excluding carboxylic acids is 1. The number of nitrogens with one attached hydrogen (secondary N) is 1.